The Bertz CT molecular complexity index is 281. The van der Waals surface area contributed by atoms with Crippen molar-refractivity contribution in [1.82, 2.24) is 0 Å². The molecule has 1 aromatic rings. The molecule has 0 aliphatic heterocycles. The van der Waals surface area contributed by atoms with Gasteiger partial charge in [-0.05, 0) is 19.4 Å². The van der Waals surface area contributed by atoms with Gasteiger partial charge in [-0.1, -0.05) is 80.4 Å². The van der Waals surface area contributed by atoms with Crippen molar-refractivity contribution in [3.05, 3.63) is 79.9 Å². The van der Waals surface area contributed by atoms with E-state index in [1.54, 1.807) is 12.2 Å². The molecule has 0 aromatic heterocycles. The third-order valence-corrected chi connectivity index (χ3v) is 1.54. The van der Waals surface area contributed by atoms with Gasteiger partial charge in [-0.3, -0.25) is 0 Å². The second-order valence-electron chi connectivity index (χ2n) is 2.75. The van der Waals surface area contributed by atoms with Crippen molar-refractivity contribution in [3.8, 4) is 0 Å². The Hall–Kier alpha value is -1.82. The quantitative estimate of drug-likeness (QED) is 0.464. The molecule has 0 aliphatic rings. The Morgan fingerprint density at radius 1 is 0.812 bits per heavy atom. The highest BCUT2D eigenvalue weighted by Gasteiger charge is 1.75. The van der Waals surface area contributed by atoms with Crippen LogP contribution in [0.5, 0.6) is 0 Å². The largest absolute Gasteiger partial charge is 0.0991 e. The molecular formula is C16H22. The molecule has 0 bridgehead atoms. The lowest BCUT2D eigenvalue weighted by Gasteiger charge is -1.85. The van der Waals surface area contributed by atoms with E-state index in [2.05, 4.69) is 19.7 Å². The maximum atomic E-state index is 3.63. The van der Waals surface area contributed by atoms with Crippen molar-refractivity contribution in [1.29, 1.82) is 0 Å². The highest BCUT2D eigenvalue weighted by Crippen LogP contribution is 1.97. The number of rotatable bonds is 2. The molecule has 0 atom stereocenters. The Kier molecular flexibility index (Phi) is 16.2. The molecule has 0 amide bonds. The van der Waals surface area contributed by atoms with Crippen molar-refractivity contribution in [2.45, 2.75) is 13.8 Å². The molecule has 0 heterocycles. The van der Waals surface area contributed by atoms with Gasteiger partial charge in [-0.15, -0.1) is 0 Å². The second kappa shape index (κ2) is 15.6. The molecule has 0 fully saturated rings. The van der Waals surface area contributed by atoms with Crippen LogP contribution in [0.3, 0.4) is 0 Å². The summed E-state index contributed by atoms with van der Waals surface area (Å²) in [6, 6.07) is 10.0. The molecule has 16 heavy (non-hydrogen) atoms. The molecule has 0 unspecified atom stereocenters. The van der Waals surface area contributed by atoms with E-state index < -0.39 is 0 Å². The summed E-state index contributed by atoms with van der Waals surface area (Å²) in [4.78, 5) is 0. The zero-order valence-electron chi connectivity index (χ0n) is 10.4. The molecule has 0 spiro atoms. The van der Waals surface area contributed by atoms with E-state index in [1.807, 2.05) is 62.4 Å². The van der Waals surface area contributed by atoms with E-state index in [0.29, 0.717) is 0 Å². The highest BCUT2D eigenvalue weighted by atomic mass is 13.8. The second-order valence-corrected chi connectivity index (χ2v) is 2.75. The van der Waals surface area contributed by atoms with E-state index in [0.717, 1.165) is 0 Å². The van der Waals surface area contributed by atoms with Crippen molar-refractivity contribution in [2.24, 2.45) is 0 Å². The molecule has 1 aromatic carbocycles. The zero-order valence-corrected chi connectivity index (χ0v) is 10.4. The van der Waals surface area contributed by atoms with Gasteiger partial charge in [0, 0.05) is 0 Å². The summed E-state index contributed by atoms with van der Waals surface area (Å²) in [5.41, 5.74) is 1.17. The fraction of sp³-hybridized carbons (Fsp3) is 0.125. The van der Waals surface area contributed by atoms with Gasteiger partial charge in [-0.25, -0.2) is 0 Å². The first kappa shape index (κ1) is 16.6. The normalized spacial score (nSPS) is 7.88. The standard InChI is InChI=1S/C8H8.C4H8.C4H6/c1-2-8-6-4-3-5-7-8;2*1-3-4-2/h2-7H,1H2;3-4H,1-2H3;3-4H,1-2H2. The Balaban J connectivity index is 0. The van der Waals surface area contributed by atoms with Crippen LogP contribution < -0.4 is 0 Å². The first-order valence-electron chi connectivity index (χ1n) is 5.25. The average molecular weight is 214 g/mol. The summed E-state index contributed by atoms with van der Waals surface area (Å²) in [6.07, 6.45) is 9.11. The van der Waals surface area contributed by atoms with Crippen LogP contribution >= 0.6 is 0 Å². The van der Waals surface area contributed by atoms with Gasteiger partial charge in [0.15, 0.2) is 0 Å². The minimum atomic E-state index is 1.17. The first-order valence-corrected chi connectivity index (χ1v) is 5.25. The van der Waals surface area contributed by atoms with Crippen LogP contribution in [-0.4, -0.2) is 0 Å². The van der Waals surface area contributed by atoms with E-state index >= 15 is 0 Å². The molecular weight excluding hydrogens is 192 g/mol. The zero-order chi connectivity index (χ0) is 12.6. The van der Waals surface area contributed by atoms with Crippen molar-refractivity contribution in [3.63, 3.8) is 0 Å². The first-order chi connectivity index (χ1) is 7.76. The van der Waals surface area contributed by atoms with E-state index in [1.165, 1.54) is 5.56 Å². The van der Waals surface area contributed by atoms with Gasteiger partial charge < -0.3 is 0 Å². The summed E-state index contributed by atoms with van der Waals surface area (Å²) in [5, 5.41) is 0. The minimum Gasteiger partial charge on any atom is -0.0991 e. The SMILES string of the molecule is C=CC=C.C=Cc1ccccc1.CC=CC. The van der Waals surface area contributed by atoms with Crippen LogP contribution in [0.15, 0.2) is 74.4 Å². The Morgan fingerprint density at radius 2 is 1.25 bits per heavy atom. The molecule has 0 saturated carbocycles. The van der Waals surface area contributed by atoms with Crippen molar-refractivity contribution < 1.29 is 0 Å². The van der Waals surface area contributed by atoms with Crippen molar-refractivity contribution in [2.75, 3.05) is 0 Å². The number of benzene rings is 1. The third-order valence-electron chi connectivity index (χ3n) is 1.54. The third kappa shape index (κ3) is 14.7. The lowest BCUT2D eigenvalue weighted by molar-refractivity contribution is 1.64. The summed E-state index contributed by atoms with van der Waals surface area (Å²) < 4.78 is 0. The van der Waals surface area contributed by atoms with Crippen LogP contribution in [-0.2, 0) is 0 Å². The lowest BCUT2D eigenvalue weighted by Crippen LogP contribution is -1.63. The smallest absolute Gasteiger partial charge is 0.0263 e. The average Bonchev–Trinajstić information content (AvgIpc) is 2.40. The summed E-state index contributed by atoms with van der Waals surface area (Å²) in [5.74, 6) is 0. The molecule has 0 saturated heterocycles. The number of hydrogen-bond acceptors (Lipinski definition) is 0. The molecule has 0 heteroatoms. The Morgan fingerprint density at radius 3 is 1.44 bits per heavy atom. The predicted molar refractivity (Wildman–Crippen MR) is 77.4 cm³/mol. The number of hydrogen-bond donors (Lipinski definition) is 0. The molecule has 86 valence electrons. The topological polar surface area (TPSA) is 0 Å². The van der Waals surface area contributed by atoms with Gasteiger partial charge in [0.1, 0.15) is 0 Å². The van der Waals surface area contributed by atoms with Crippen LogP contribution in [0.25, 0.3) is 6.08 Å². The van der Waals surface area contributed by atoms with Gasteiger partial charge in [0.2, 0.25) is 0 Å². The predicted octanol–water partition coefficient (Wildman–Crippen LogP) is 5.27. The van der Waals surface area contributed by atoms with Crippen LogP contribution in [0.2, 0.25) is 0 Å². The Labute approximate surface area is 100 Å². The summed E-state index contributed by atoms with van der Waals surface area (Å²) in [6.45, 7) is 14.4. The minimum absolute atomic E-state index is 1.17. The number of allylic oxidation sites excluding steroid dienone is 4. The summed E-state index contributed by atoms with van der Waals surface area (Å²) >= 11 is 0. The van der Waals surface area contributed by atoms with E-state index in [9.17, 15) is 0 Å². The summed E-state index contributed by atoms with van der Waals surface area (Å²) in [7, 11) is 0. The highest BCUT2D eigenvalue weighted by molar-refractivity contribution is 5.45. The molecule has 1 rings (SSSR count). The fourth-order valence-corrected chi connectivity index (χ4v) is 0.589. The van der Waals surface area contributed by atoms with Crippen LogP contribution in [0.4, 0.5) is 0 Å². The maximum absolute atomic E-state index is 3.63. The van der Waals surface area contributed by atoms with E-state index in [-0.39, 0.29) is 0 Å². The van der Waals surface area contributed by atoms with Crippen LogP contribution in [0, 0.1) is 0 Å². The molecule has 0 radical (unpaired) electrons. The van der Waals surface area contributed by atoms with Gasteiger partial charge in [-0.2, -0.15) is 0 Å². The van der Waals surface area contributed by atoms with Crippen LogP contribution in [0.1, 0.15) is 19.4 Å². The van der Waals surface area contributed by atoms with E-state index in [4.69, 9.17) is 0 Å². The maximum Gasteiger partial charge on any atom is -0.0263 e. The molecule has 0 N–H and O–H groups in total. The fourth-order valence-electron chi connectivity index (χ4n) is 0.589. The monoisotopic (exact) mass is 214 g/mol. The van der Waals surface area contributed by atoms with Gasteiger partial charge in [0.25, 0.3) is 0 Å². The van der Waals surface area contributed by atoms with Gasteiger partial charge >= 0.3 is 0 Å². The van der Waals surface area contributed by atoms with Crippen molar-refractivity contribution >= 4 is 6.08 Å². The molecule has 0 aliphatic carbocycles. The molecule has 0 nitrogen and oxygen atoms in total. The lowest BCUT2D eigenvalue weighted by atomic mass is 10.2. The van der Waals surface area contributed by atoms with Gasteiger partial charge in [0.05, 0.1) is 0 Å².